The molecule has 8 aromatic rings. The van der Waals surface area contributed by atoms with E-state index in [0.717, 1.165) is 87.8 Å². The van der Waals surface area contributed by atoms with Crippen molar-refractivity contribution in [2.75, 3.05) is 18.5 Å². The van der Waals surface area contributed by atoms with Crippen molar-refractivity contribution in [3.63, 3.8) is 0 Å². The molecule has 0 unspecified atom stereocenters. The molecule has 8 rings (SSSR count). The number of nitrogens with zero attached hydrogens (tertiary/aromatic N) is 5. The molecule has 2 radical (unpaired) electrons. The molecule has 0 bridgehead atoms. The van der Waals surface area contributed by atoms with Gasteiger partial charge < -0.3 is 15.1 Å². The molecule has 0 aliphatic heterocycles. The van der Waals surface area contributed by atoms with Crippen LogP contribution in [-0.2, 0) is 22.4 Å². The monoisotopic (exact) mass is 1140 g/mol. The number of aryl methyl sites for hydroxylation is 2. The summed E-state index contributed by atoms with van der Waals surface area (Å²) in [5.74, 6) is -1.42. The first kappa shape index (κ1) is 49.3. The molecule has 320 valence electrons. The fraction of sp³-hybridized carbons (Fsp3) is 0.191. The minimum atomic E-state index is -0.884. The summed E-state index contributed by atoms with van der Waals surface area (Å²) in [5, 5.41) is 20.3. The summed E-state index contributed by atoms with van der Waals surface area (Å²) in [7, 11) is 5.47. The van der Waals surface area contributed by atoms with E-state index in [4.69, 9.17) is 44.7 Å². The number of aromatic nitrogens is 4. The Labute approximate surface area is 410 Å². The quantitative estimate of drug-likeness (QED) is 0.0960. The van der Waals surface area contributed by atoms with Crippen molar-refractivity contribution in [2.45, 2.75) is 46.5 Å². The molecule has 4 heterocycles. The van der Waals surface area contributed by atoms with Crippen LogP contribution >= 0.6 is 45.9 Å². The Kier molecular flexibility index (Phi) is 18.7. The van der Waals surface area contributed by atoms with Crippen LogP contribution in [0, 0.1) is 50.9 Å². The van der Waals surface area contributed by atoms with Gasteiger partial charge >= 0.3 is 11.9 Å². The molecule has 63 heavy (non-hydrogen) atoms. The predicted octanol–water partition coefficient (Wildman–Crippen LogP) is 11.7. The number of hydrogen-bond acceptors (Lipinski definition) is 9. The number of hydrogen-bond donors (Lipinski definition) is 2. The first-order valence-corrected chi connectivity index (χ1v) is 21.7. The fourth-order valence-corrected chi connectivity index (χ4v) is 8.79. The van der Waals surface area contributed by atoms with Gasteiger partial charge in [0.15, 0.2) is 0 Å². The van der Waals surface area contributed by atoms with Crippen LogP contribution in [0.2, 0.25) is 10.0 Å². The number of thiazole rings is 2. The average Bonchev–Trinajstić information content (AvgIpc) is 3.82. The van der Waals surface area contributed by atoms with Gasteiger partial charge in [0.2, 0.25) is 5.95 Å². The van der Waals surface area contributed by atoms with E-state index in [0.29, 0.717) is 28.7 Å². The van der Waals surface area contributed by atoms with E-state index in [1.165, 1.54) is 6.07 Å². The molecule has 2 N–H and O–H groups in total. The largest absolute Gasteiger partial charge is 0.481 e. The van der Waals surface area contributed by atoms with Gasteiger partial charge in [-0.2, -0.15) is 4.39 Å². The zero-order valence-corrected chi connectivity index (χ0v) is 42.2. The van der Waals surface area contributed by atoms with Gasteiger partial charge in [0, 0.05) is 86.5 Å². The number of carboxylic acid groups (broad SMARTS) is 2. The standard InChI is InChI=1S/C23H20ClN3O2S.C20H14ClFN2S.C4H8O2.BH.U/c1-14-26-23-19(17-4-3-5-18(24)11-17)9-16(10-20(23)30-14)8-15-6-7-21(25-12-15)27(2)13-22(28)29;1-12-24-20-17(15-3-2-4-16(21)10-15)8-14(9-18(20)25-12)7-13-5-6-19(22)23-11-13;1-2-3-4(5)6;;/h3-7,9-12H,8,13H2,1-2H3,(H,28,29);2-6,8-11H,7H2,1H3;2-3H2,1H3,(H,5,6);1H;/i;;;1D;. The molecule has 4 aromatic carbocycles. The third kappa shape index (κ3) is 14.4. The maximum absolute atomic E-state index is 13.0. The van der Waals surface area contributed by atoms with Crippen molar-refractivity contribution in [3.8, 4) is 22.3 Å². The molecular weight excluding hydrogens is 1100 g/mol. The normalized spacial score (nSPS) is 10.6. The van der Waals surface area contributed by atoms with Gasteiger partial charge in [-0.25, -0.2) is 19.9 Å². The van der Waals surface area contributed by atoms with E-state index >= 15 is 0 Å². The first-order chi connectivity index (χ1) is 30.2. The number of carboxylic acids is 2. The van der Waals surface area contributed by atoms with Crippen LogP contribution in [0.15, 0.2) is 109 Å². The number of aliphatic carboxylic acids is 2. The third-order valence-electron chi connectivity index (χ3n) is 9.24. The van der Waals surface area contributed by atoms with Crippen LogP contribution < -0.4 is 4.90 Å². The second kappa shape index (κ2) is 23.9. The smallest absolute Gasteiger partial charge is 0.323 e. The van der Waals surface area contributed by atoms with Gasteiger partial charge in [0.1, 0.15) is 12.4 Å². The zero-order valence-electron chi connectivity index (χ0n) is 35.9. The Bertz CT molecular complexity index is 2820. The first-order valence-electron chi connectivity index (χ1n) is 19.8. The van der Waals surface area contributed by atoms with E-state index in [9.17, 15) is 14.0 Å². The minimum absolute atomic E-state index is 0. The molecule has 0 amide bonds. The maximum atomic E-state index is 13.0. The van der Waals surface area contributed by atoms with Gasteiger partial charge in [0.05, 0.1) is 30.4 Å². The van der Waals surface area contributed by atoms with Crippen LogP contribution in [0.25, 0.3) is 42.7 Å². The molecular formula is C47H43BCl2FN5O4S2U. The summed E-state index contributed by atoms with van der Waals surface area (Å²) in [6, 6.07) is 31.3. The Balaban J connectivity index is 0.000000240. The Morgan fingerprint density at radius 1 is 0.714 bits per heavy atom. The van der Waals surface area contributed by atoms with E-state index in [2.05, 4.69) is 42.6 Å². The van der Waals surface area contributed by atoms with Gasteiger partial charge in [-0.05, 0) is 128 Å². The van der Waals surface area contributed by atoms with Crippen molar-refractivity contribution in [1.82, 2.24) is 19.9 Å². The Hall–Kier alpha value is -4.67. The molecule has 0 spiro atoms. The minimum Gasteiger partial charge on any atom is -0.481 e. The zero-order chi connectivity index (χ0) is 45.6. The van der Waals surface area contributed by atoms with Crippen LogP contribution in [0.4, 0.5) is 10.2 Å². The van der Waals surface area contributed by atoms with Crippen molar-refractivity contribution >= 4 is 92.4 Å². The SMILES string of the molecule is CCCC(=O)O.Cc1nc2c(-c3cccc(Cl)c3)cc(Cc3ccc(F)nc3)cc2s1.Cc1nc2c(-c3cccc(Cl)c3)cc(Cc3ccc(N(C)CC(=O)O)nc3)cc2s1.[2H][B].[U]. The Morgan fingerprint density at radius 3 is 1.59 bits per heavy atom. The molecule has 0 saturated heterocycles. The van der Waals surface area contributed by atoms with E-state index in [1.807, 2.05) is 81.4 Å². The second-order valence-electron chi connectivity index (χ2n) is 14.2. The van der Waals surface area contributed by atoms with Gasteiger partial charge in [0.25, 0.3) is 0 Å². The Morgan fingerprint density at radius 2 is 1.21 bits per heavy atom. The summed E-state index contributed by atoms with van der Waals surface area (Å²) in [6.07, 6.45) is 5.81. The number of carbonyl (C=O) groups is 2. The van der Waals surface area contributed by atoms with Gasteiger partial charge in [-0.1, -0.05) is 66.5 Å². The van der Waals surface area contributed by atoms with Crippen molar-refractivity contribution < 1.29 is 55.3 Å². The molecule has 4 aromatic heterocycles. The number of pyridine rings is 2. The van der Waals surface area contributed by atoms with E-state index in [-0.39, 0.29) is 37.7 Å². The number of likely N-dealkylation sites (N-methyl/N-ethyl adjacent to an activating group) is 1. The number of anilines is 1. The van der Waals surface area contributed by atoms with Gasteiger partial charge in [-0.3, -0.25) is 9.59 Å². The molecule has 0 fully saturated rings. The second-order valence-corrected chi connectivity index (χ2v) is 17.6. The van der Waals surface area contributed by atoms with Crippen molar-refractivity contribution in [3.05, 3.63) is 158 Å². The summed E-state index contributed by atoms with van der Waals surface area (Å²) in [4.78, 5) is 39.7. The third-order valence-corrected chi connectivity index (χ3v) is 11.5. The van der Waals surface area contributed by atoms with Crippen LogP contribution in [0.1, 0.15) is 52.0 Å². The number of fused-ring (bicyclic) bond motifs is 2. The fourth-order valence-electron chi connectivity index (χ4n) is 6.58. The number of benzene rings is 4. The van der Waals surface area contributed by atoms with E-state index in [1.54, 1.807) is 53.1 Å². The summed E-state index contributed by atoms with van der Waals surface area (Å²) in [5.41, 5.74) is 10.5. The number of rotatable bonds is 11. The summed E-state index contributed by atoms with van der Waals surface area (Å²) in [6.45, 7) is 5.78. The number of halogens is 3. The van der Waals surface area contributed by atoms with E-state index < -0.39 is 17.9 Å². The van der Waals surface area contributed by atoms with Crippen molar-refractivity contribution in [2.24, 2.45) is 0 Å². The van der Waals surface area contributed by atoms with Crippen LogP contribution in [-0.4, -0.2) is 65.4 Å². The molecule has 0 atom stereocenters. The van der Waals surface area contributed by atoms with Crippen LogP contribution in [0.3, 0.4) is 0 Å². The average molecular weight is 1150 g/mol. The predicted molar refractivity (Wildman–Crippen MR) is 254 cm³/mol. The van der Waals surface area contributed by atoms with Crippen LogP contribution in [0.5, 0.6) is 0 Å². The van der Waals surface area contributed by atoms with Crippen molar-refractivity contribution in [1.29, 1.82) is 1.34 Å². The van der Waals surface area contributed by atoms with Gasteiger partial charge in [-0.15, -0.1) is 22.7 Å². The molecule has 16 heteroatoms. The topological polar surface area (TPSA) is 129 Å². The molecule has 0 aliphatic rings. The maximum Gasteiger partial charge on any atom is 0.323 e. The summed E-state index contributed by atoms with van der Waals surface area (Å²) < 4.78 is 20.6. The molecule has 0 saturated carbocycles. The molecule has 0 aliphatic carbocycles. The summed E-state index contributed by atoms with van der Waals surface area (Å²) >= 11 is 15.8. The molecule has 9 nitrogen and oxygen atoms in total.